The number of hydrogen-bond donors (Lipinski definition) is 0. The van der Waals surface area contributed by atoms with Crippen LogP contribution in [0.2, 0.25) is 0 Å². The highest BCUT2D eigenvalue weighted by atomic mass is 16.7. The first-order valence-electron chi connectivity index (χ1n) is 31.6. The van der Waals surface area contributed by atoms with Gasteiger partial charge in [0.05, 0.1) is 40.3 Å². The Morgan fingerprint density at radius 2 is 0.750 bits per heavy atom. The molecule has 9 heteroatoms. The van der Waals surface area contributed by atoms with Gasteiger partial charge in [0.25, 0.3) is 0 Å². The van der Waals surface area contributed by atoms with Gasteiger partial charge in [-0.25, -0.2) is 0 Å². The van der Waals surface area contributed by atoms with E-state index in [-0.39, 0.29) is 38.6 Å². The van der Waals surface area contributed by atoms with E-state index < -0.39 is 24.3 Å². The summed E-state index contributed by atoms with van der Waals surface area (Å²) >= 11 is 0. The minimum atomic E-state index is -1.63. The molecule has 0 spiro atoms. The highest BCUT2D eigenvalue weighted by Gasteiger charge is 2.22. The van der Waals surface area contributed by atoms with Gasteiger partial charge in [-0.2, -0.15) is 0 Å². The van der Waals surface area contributed by atoms with Crippen LogP contribution in [0.1, 0.15) is 277 Å². The topological polar surface area (TPSA) is 111 Å². The predicted octanol–water partition coefficient (Wildman–Crippen LogP) is 17.6. The highest BCUT2D eigenvalue weighted by Crippen LogP contribution is 2.17. The second-order valence-electron chi connectivity index (χ2n) is 22.3. The number of aliphatic carboxylic acids is 1. The number of allylic oxidation sites excluding steroid dienone is 12. The zero-order chi connectivity index (χ0) is 55.5. The molecular formula is C67H119NO8. The van der Waals surface area contributed by atoms with Crippen LogP contribution in [0, 0.1) is 0 Å². The third kappa shape index (κ3) is 58.4. The number of likely N-dealkylation sites (N-methyl/N-ethyl adjacent to an activating group) is 1. The van der Waals surface area contributed by atoms with E-state index in [0.29, 0.717) is 17.4 Å². The molecule has 0 N–H and O–H groups in total. The van der Waals surface area contributed by atoms with Crippen LogP contribution in [-0.2, 0) is 33.3 Å². The van der Waals surface area contributed by atoms with Gasteiger partial charge in [-0.1, -0.05) is 273 Å². The lowest BCUT2D eigenvalue weighted by atomic mass is 10.0. The Morgan fingerprint density at radius 3 is 1.12 bits per heavy atom. The number of carboxylic acid groups (broad SMARTS) is 1. The van der Waals surface area contributed by atoms with Crippen LogP contribution < -0.4 is 5.11 Å². The van der Waals surface area contributed by atoms with E-state index in [1.54, 1.807) is 0 Å². The zero-order valence-electron chi connectivity index (χ0n) is 50.1. The summed E-state index contributed by atoms with van der Waals surface area (Å²) in [6, 6.07) is 0. The van der Waals surface area contributed by atoms with Crippen molar-refractivity contribution in [2.24, 2.45) is 0 Å². The van der Waals surface area contributed by atoms with Crippen molar-refractivity contribution in [3.63, 3.8) is 0 Å². The predicted molar refractivity (Wildman–Crippen MR) is 320 cm³/mol. The number of carboxylic acids is 1. The van der Waals surface area contributed by atoms with E-state index in [4.69, 9.17) is 18.9 Å². The molecule has 0 aromatic carbocycles. The SMILES string of the molecule is CC/C=C\C/C=C\C/C=C\C/C=C\C/C=C\C/C=C\CCCCCCCCC(=O)OC(COC(=O)CCCCCCCCCCCCCCCCCCCCCCCCCCCC)COC(OCC[N+](C)(C)C)C(=O)[O-]. The van der Waals surface area contributed by atoms with Gasteiger partial charge < -0.3 is 33.3 Å². The third-order valence-electron chi connectivity index (χ3n) is 13.7. The molecule has 2 unspecified atom stereocenters. The Balaban J connectivity index is 4.21. The molecule has 0 aliphatic rings. The van der Waals surface area contributed by atoms with E-state index in [9.17, 15) is 19.5 Å². The van der Waals surface area contributed by atoms with Crippen LogP contribution >= 0.6 is 0 Å². The average Bonchev–Trinajstić information content (AvgIpc) is 3.39. The molecule has 0 amide bonds. The van der Waals surface area contributed by atoms with Crippen molar-refractivity contribution >= 4 is 17.9 Å². The van der Waals surface area contributed by atoms with Gasteiger partial charge in [-0.05, 0) is 64.2 Å². The molecule has 0 aromatic rings. The van der Waals surface area contributed by atoms with Crippen molar-refractivity contribution in [2.75, 3.05) is 47.5 Å². The van der Waals surface area contributed by atoms with Crippen molar-refractivity contribution in [1.29, 1.82) is 0 Å². The summed E-state index contributed by atoms with van der Waals surface area (Å²) < 4.78 is 22.7. The van der Waals surface area contributed by atoms with Gasteiger partial charge in [-0.3, -0.25) is 9.59 Å². The largest absolute Gasteiger partial charge is 0.545 e. The third-order valence-corrected chi connectivity index (χ3v) is 13.7. The maximum Gasteiger partial charge on any atom is 0.306 e. The molecule has 0 aliphatic carbocycles. The first-order valence-corrected chi connectivity index (χ1v) is 31.6. The smallest absolute Gasteiger partial charge is 0.306 e. The summed E-state index contributed by atoms with van der Waals surface area (Å²) in [5, 5.41) is 11.8. The summed E-state index contributed by atoms with van der Waals surface area (Å²) in [7, 11) is 5.92. The second-order valence-corrected chi connectivity index (χ2v) is 22.3. The fourth-order valence-corrected chi connectivity index (χ4v) is 8.89. The highest BCUT2D eigenvalue weighted by molar-refractivity contribution is 5.70. The maximum absolute atomic E-state index is 12.9. The molecule has 0 saturated heterocycles. The average molecular weight is 1070 g/mol. The summed E-state index contributed by atoms with van der Waals surface area (Å²) in [5.74, 6) is -2.29. The molecule has 0 aromatic heterocycles. The van der Waals surface area contributed by atoms with Crippen molar-refractivity contribution in [3.05, 3.63) is 72.9 Å². The molecule has 440 valence electrons. The fraction of sp³-hybridized carbons (Fsp3) is 0.776. The number of nitrogens with zero attached hydrogens (tertiary/aromatic N) is 1. The number of carbonyl (C=O) groups is 3. The number of ether oxygens (including phenoxy) is 4. The lowest BCUT2D eigenvalue weighted by molar-refractivity contribution is -0.870. The monoisotopic (exact) mass is 1070 g/mol. The number of carbonyl (C=O) groups excluding carboxylic acids is 3. The molecule has 76 heavy (non-hydrogen) atoms. The molecule has 0 fully saturated rings. The van der Waals surface area contributed by atoms with Gasteiger partial charge in [0.1, 0.15) is 13.2 Å². The molecule has 0 aliphatic heterocycles. The normalized spacial score (nSPS) is 13.2. The van der Waals surface area contributed by atoms with Crippen LogP contribution in [0.3, 0.4) is 0 Å². The molecule has 0 bridgehead atoms. The number of esters is 2. The van der Waals surface area contributed by atoms with E-state index in [2.05, 4.69) is 86.8 Å². The van der Waals surface area contributed by atoms with Crippen molar-refractivity contribution < 1.29 is 42.9 Å². The number of unbranched alkanes of at least 4 members (excludes halogenated alkanes) is 31. The Bertz CT molecular complexity index is 1470. The molecule has 0 saturated carbocycles. The van der Waals surface area contributed by atoms with Crippen molar-refractivity contribution in [2.45, 2.75) is 289 Å². The Hall–Kier alpha value is -3.27. The summed E-state index contributed by atoms with van der Waals surface area (Å²) in [6.07, 6.45) is 72.5. The fourth-order valence-electron chi connectivity index (χ4n) is 8.89. The van der Waals surface area contributed by atoms with Crippen molar-refractivity contribution in [1.82, 2.24) is 0 Å². The lowest BCUT2D eigenvalue weighted by Crippen LogP contribution is -2.44. The standard InChI is InChI=1S/C67H119NO8/c1-6-8-10-12-14-16-18-20-22-24-26-28-30-32-34-35-37-39-41-43-45-47-49-51-53-55-57-64(69)74-61-63(62-75-67(66(71)72)73-60-59-68(3,4)5)76-65(70)58-56-54-52-50-48-46-44-42-40-38-36-33-31-29-27-25-23-21-19-17-15-13-11-9-7-2/h9,11,15,17,21,23,27,29,33,36,40,42,63,67H,6-8,10,12-14,16,18-20,22,24-26,28,30-32,34-35,37-39,41,43-62H2,1-5H3/b11-9-,17-15-,23-21-,29-27-,36-33-,42-40-. The Labute approximate surface area is 468 Å². The summed E-state index contributed by atoms with van der Waals surface area (Å²) in [4.78, 5) is 37.4. The Kier molecular flexibility index (Phi) is 55.4. The molecule has 0 heterocycles. The van der Waals surface area contributed by atoms with Gasteiger partial charge in [0.2, 0.25) is 0 Å². The number of hydrogen-bond acceptors (Lipinski definition) is 8. The van der Waals surface area contributed by atoms with E-state index >= 15 is 0 Å². The lowest BCUT2D eigenvalue weighted by Gasteiger charge is -2.26. The number of rotatable bonds is 58. The summed E-state index contributed by atoms with van der Waals surface area (Å²) in [6.45, 7) is 4.65. The van der Waals surface area contributed by atoms with Gasteiger partial charge in [0.15, 0.2) is 12.4 Å². The molecular weight excluding hydrogens is 947 g/mol. The maximum atomic E-state index is 12.9. The zero-order valence-corrected chi connectivity index (χ0v) is 50.1. The van der Waals surface area contributed by atoms with Crippen molar-refractivity contribution in [3.8, 4) is 0 Å². The molecule has 0 radical (unpaired) electrons. The molecule has 2 atom stereocenters. The first-order chi connectivity index (χ1) is 37.1. The van der Waals surface area contributed by atoms with Gasteiger partial charge >= 0.3 is 11.9 Å². The molecule has 9 nitrogen and oxygen atoms in total. The second kappa shape index (κ2) is 57.9. The minimum Gasteiger partial charge on any atom is -0.545 e. The quantitative estimate of drug-likeness (QED) is 0.0195. The van der Waals surface area contributed by atoms with E-state index in [1.807, 2.05) is 21.1 Å². The van der Waals surface area contributed by atoms with E-state index in [1.165, 1.54) is 148 Å². The van der Waals surface area contributed by atoms with Gasteiger partial charge in [0, 0.05) is 12.8 Å². The van der Waals surface area contributed by atoms with Crippen LogP contribution in [0.4, 0.5) is 0 Å². The number of quaternary nitrogens is 1. The van der Waals surface area contributed by atoms with Gasteiger partial charge in [-0.15, -0.1) is 0 Å². The van der Waals surface area contributed by atoms with Crippen LogP contribution in [-0.4, -0.2) is 82.3 Å². The minimum absolute atomic E-state index is 0.143. The Morgan fingerprint density at radius 1 is 0.408 bits per heavy atom. The van der Waals surface area contributed by atoms with Crippen LogP contribution in [0.25, 0.3) is 0 Å². The van der Waals surface area contributed by atoms with Crippen LogP contribution in [0.5, 0.6) is 0 Å². The van der Waals surface area contributed by atoms with E-state index in [0.717, 1.165) is 96.3 Å². The van der Waals surface area contributed by atoms with Crippen LogP contribution in [0.15, 0.2) is 72.9 Å². The first kappa shape index (κ1) is 72.7. The molecule has 0 rings (SSSR count). The summed E-state index contributed by atoms with van der Waals surface area (Å²) in [5.41, 5.74) is 0.